The minimum Gasteiger partial charge on any atom is -0.456 e. The van der Waals surface area contributed by atoms with E-state index in [1.807, 2.05) is 0 Å². The average Bonchev–Trinajstić information content (AvgIpc) is 3.62. The highest BCUT2D eigenvalue weighted by atomic mass is 16.3. The van der Waals surface area contributed by atoms with Gasteiger partial charge in [0.25, 0.3) is 0 Å². The van der Waals surface area contributed by atoms with Crippen LogP contribution in [0.2, 0.25) is 0 Å². The van der Waals surface area contributed by atoms with E-state index in [-0.39, 0.29) is 142 Å². The number of para-hydroxylation sites is 1. The lowest BCUT2D eigenvalue weighted by atomic mass is 9.85. The monoisotopic (exact) mass is 564 g/mol. The summed E-state index contributed by atoms with van der Waals surface area (Å²) in [5, 5.41) is 0.477. The van der Waals surface area contributed by atoms with E-state index in [9.17, 15) is 5.48 Å². The van der Waals surface area contributed by atoms with E-state index in [2.05, 4.69) is 0 Å². The van der Waals surface area contributed by atoms with Crippen LogP contribution in [-0.4, -0.2) is 0 Å². The zero-order chi connectivity index (χ0) is 44.0. The lowest BCUT2D eigenvalue weighted by Gasteiger charge is -2.18. The molecule has 200 valence electrons. The molecule has 1 heterocycles. The quantitative estimate of drug-likeness (QED) is 0.195. The fraction of sp³-hybridized carbons (Fsp3) is 0. The van der Waals surface area contributed by atoms with Crippen LogP contribution in [0.25, 0.3) is 87.6 Å². The van der Waals surface area contributed by atoms with Gasteiger partial charge < -0.3 is 4.42 Å². The normalized spacial score (nSPS) is 17.6. The van der Waals surface area contributed by atoms with Gasteiger partial charge in [-0.3, -0.25) is 0 Å². The summed E-state index contributed by atoms with van der Waals surface area (Å²) in [6.45, 7) is 0. The first-order valence-electron chi connectivity index (χ1n) is 22.3. The van der Waals surface area contributed by atoms with Gasteiger partial charge in [-0.2, -0.15) is 0 Å². The van der Waals surface area contributed by atoms with Crippen molar-refractivity contribution in [1.29, 1.82) is 0 Å². The van der Waals surface area contributed by atoms with E-state index < -0.39 is 54.4 Å². The highest BCUT2D eigenvalue weighted by Crippen LogP contribution is 2.45. The third-order valence-corrected chi connectivity index (χ3v) is 7.58. The van der Waals surface area contributed by atoms with Gasteiger partial charge in [0.05, 0.1) is 24.7 Å². The van der Waals surface area contributed by atoms with E-state index in [0.29, 0.717) is 0 Å². The molecular weight excluding hydrogens is 520 g/mol. The Hall–Kier alpha value is -5.66. The smallest absolute Gasteiger partial charge is 0.136 e. The molecule has 0 spiro atoms. The Balaban J connectivity index is 1.40. The molecule has 0 aliphatic heterocycles. The summed E-state index contributed by atoms with van der Waals surface area (Å²) in [6, 6.07) is 3.48. The van der Waals surface area contributed by atoms with Gasteiger partial charge in [-0.15, -0.1) is 0 Å². The number of rotatable bonds is 3. The summed E-state index contributed by atoms with van der Waals surface area (Å²) in [7, 11) is 0. The van der Waals surface area contributed by atoms with Gasteiger partial charge in [0, 0.05) is 10.8 Å². The molecular formula is C42H26O. The predicted octanol–water partition coefficient (Wildman–Crippen LogP) is 12.0. The molecule has 0 saturated carbocycles. The van der Waals surface area contributed by atoms with Crippen LogP contribution in [-0.2, 0) is 0 Å². The molecule has 0 atom stereocenters. The predicted molar refractivity (Wildman–Crippen MR) is 183 cm³/mol. The van der Waals surface area contributed by atoms with E-state index in [0.717, 1.165) is 0 Å². The van der Waals surface area contributed by atoms with Crippen LogP contribution in [0.15, 0.2) is 162 Å². The first-order valence-corrected chi connectivity index (χ1v) is 13.3. The second-order valence-electron chi connectivity index (χ2n) is 9.88. The van der Waals surface area contributed by atoms with Gasteiger partial charge >= 0.3 is 0 Å². The molecule has 9 rings (SSSR count). The zero-order valence-electron chi connectivity index (χ0n) is 40.0. The van der Waals surface area contributed by atoms with Crippen LogP contribution in [0.5, 0.6) is 0 Å². The summed E-state index contributed by atoms with van der Waals surface area (Å²) >= 11 is 0. The van der Waals surface area contributed by atoms with Crippen molar-refractivity contribution in [3.63, 3.8) is 0 Å². The molecule has 0 aliphatic carbocycles. The number of hydrogen-bond donors (Lipinski definition) is 0. The Bertz CT molecular complexity index is 3430. The molecule has 0 radical (unpaired) electrons. The highest BCUT2D eigenvalue weighted by Gasteiger charge is 2.18. The molecule has 0 unspecified atom stereocenters. The molecule has 1 heteroatoms. The van der Waals surface area contributed by atoms with E-state index in [1.165, 1.54) is 48.5 Å². The lowest BCUT2D eigenvalue weighted by molar-refractivity contribution is 0.669. The molecule has 1 aromatic heterocycles. The first kappa shape index (κ1) is 12.3. The third-order valence-electron chi connectivity index (χ3n) is 7.58. The van der Waals surface area contributed by atoms with Crippen molar-refractivity contribution < 1.29 is 29.1 Å². The van der Waals surface area contributed by atoms with Gasteiger partial charge in [0.15, 0.2) is 0 Å². The maximum absolute atomic E-state index is 9.45. The number of fused-ring (bicyclic) bond motifs is 6. The first-order chi connectivity index (χ1) is 28.7. The van der Waals surface area contributed by atoms with Gasteiger partial charge in [-0.25, -0.2) is 0 Å². The van der Waals surface area contributed by atoms with Gasteiger partial charge in [0.1, 0.15) is 11.2 Å². The number of furan rings is 1. The molecule has 0 bridgehead atoms. The Morgan fingerprint density at radius 1 is 0.372 bits per heavy atom. The van der Waals surface area contributed by atoms with Gasteiger partial charge in [-0.1, -0.05) is 139 Å². The van der Waals surface area contributed by atoms with E-state index in [1.54, 1.807) is 0 Å². The largest absolute Gasteiger partial charge is 0.456 e. The molecule has 0 N–H and O–H groups in total. The molecule has 8 aromatic carbocycles. The minimum absolute atomic E-state index is 0.00480. The summed E-state index contributed by atoms with van der Waals surface area (Å²) < 4.78 is 162. The molecule has 0 saturated heterocycles. The van der Waals surface area contributed by atoms with Crippen LogP contribution < -0.4 is 0 Å². The van der Waals surface area contributed by atoms with E-state index >= 15 is 0 Å². The second-order valence-corrected chi connectivity index (χ2v) is 9.88. The molecule has 0 aliphatic rings. The molecule has 0 fully saturated rings. The van der Waals surface area contributed by atoms with Crippen LogP contribution in [0.4, 0.5) is 0 Å². The van der Waals surface area contributed by atoms with Crippen molar-refractivity contribution in [2.45, 2.75) is 0 Å². The summed E-state index contributed by atoms with van der Waals surface area (Å²) in [6.07, 6.45) is 0. The molecule has 0 amide bonds. The van der Waals surface area contributed by atoms with Crippen molar-refractivity contribution in [2.24, 2.45) is 0 Å². The minimum atomic E-state index is -0.594. The maximum Gasteiger partial charge on any atom is 0.136 e. The topological polar surface area (TPSA) is 13.1 Å². The Labute approximate surface area is 274 Å². The Morgan fingerprint density at radius 3 is 1.70 bits per heavy atom. The van der Waals surface area contributed by atoms with Crippen LogP contribution in [0.3, 0.4) is 0 Å². The maximum atomic E-state index is 9.45. The fourth-order valence-corrected chi connectivity index (χ4v) is 5.69. The van der Waals surface area contributed by atoms with Crippen LogP contribution in [0, 0.1) is 0 Å². The molecule has 1 nitrogen and oxygen atoms in total. The fourth-order valence-electron chi connectivity index (χ4n) is 5.69. The van der Waals surface area contributed by atoms with Crippen LogP contribution in [0.1, 0.15) is 24.7 Å². The summed E-state index contributed by atoms with van der Waals surface area (Å²) in [4.78, 5) is 0. The standard InChI is InChI=1S/C42H26O/c1-2-12-31-27(10-1)11-9-18-32(31)28-20-22-29(23-21-28)41-35-14-3-5-16-37(35)42(38-17-6-4-15-36(38)41)30-24-25-34-33-13-7-8-19-39(33)43-40(34)26-30/h1-26H/i1D,2D,3D,4D,5D,6D,7D,8D,9D,10D,11D,13D,19D,20D,21D,24D,25D,26D. The summed E-state index contributed by atoms with van der Waals surface area (Å²) in [5.41, 5.74) is -0.179. The van der Waals surface area contributed by atoms with Gasteiger partial charge in [-0.05, 0) is 83.8 Å². The molecule has 43 heavy (non-hydrogen) atoms. The number of benzene rings is 8. The van der Waals surface area contributed by atoms with Crippen molar-refractivity contribution in [2.75, 3.05) is 0 Å². The van der Waals surface area contributed by atoms with Crippen molar-refractivity contribution >= 4 is 54.3 Å². The van der Waals surface area contributed by atoms with Crippen LogP contribution >= 0.6 is 0 Å². The highest BCUT2D eigenvalue weighted by molar-refractivity contribution is 6.22. The lowest BCUT2D eigenvalue weighted by Crippen LogP contribution is -1.91. The van der Waals surface area contributed by atoms with E-state index in [4.69, 9.17) is 23.6 Å². The van der Waals surface area contributed by atoms with Crippen molar-refractivity contribution in [3.8, 4) is 33.4 Å². The van der Waals surface area contributed by atoms with Crippen molar-refractivity contribution in [1.82, 2.24) is 0 Å². The second kappa shape index (κ2) is 9.44. The Morgan fingerprint density at radius 2 is 0.953 bits per heavy atom. The Kier molecular flexibility index (Phi) is 2.70. The van der Waals surface area contributed by atoms with Gasteiger partial charge in [0.2, 0.25) is 0 Å². The molecule has 9 aromatic rings. The SMILES string of the molecule is [2H]c1cc2c(-c3cc([2H])c(-c4cc([2H])c([2H])c5c([2H])c([2H])c([2H])cc45)c([2H])c3)c3cc([2H])c([2H])cc3c(-c3c([2H])c([2H])c4c(oc5c([2H])c([2H])c([2H])c([2H])c54)c3[2H])c2cc1[2H]. The number of hydrogen-bond acceptors (Lipinski definition) is 1. The average molecular weight is 565 g/mol. The summed E-state index contributed by atoms with van der Waals surface area (Å²) in [5.74, 6) is 0. The third kappa shape index (κ3) is 3.72. The zero-order valence-corrected chi connectivity index (χ0v) is 22.0. The van der Waals surface area contributed by atoms with Crippen molar-refractivity contribution in [3.05, 3.63) is 157 Å².